The number of fused-ring (bicyclic) bond motifs is 2. The number of hydrogen-bond donors (Lipinski definition) is 1. The minimum atomic E-state index is -4.08. The molecule has 5 aromatic rings. The first-order valence-electron chi connectivity index (χ1n) is 10.6. The molecule has 0 amide bonds. The fourth-order valence-electron chi connectivity index (χ4n) is 3.95. The predicted octanol–water partition coefficient (Wildman–Crippen LogP) is 4.39. The number of nitrogens with two attached hydrogens (primary N) is 1. The van der Waals surface area contributed by atoms with Crippen LogP contribution in [0.2, 0.25) is 0 Å². The van der Waals surface area contributed by atoms with Gasteiger partial charge in [-0.25, -0.2) is 22.8 Å². The van der Waals surface area contributed by atoms with Crippen molar-refractivity contribution in [3.05, 3.63) is 84.2 Å². The van der Waals surface area contributed by atoms with Crippen molar-refractivity contribution in [1.82, 2.24) is 14.5 Å². The summed E-state index contributed by atoms with van der Waals surface area (Å²) in [4.78, 5) is 9.12. The molecule has 0 aliphatic carbocycles. The van der Waals surface area contributed by atoms with Gasteiger partial charge >= 0.3 is 0 Å². The summed E-state index contributed by atoms with van der Waals surface area (Å²) >= 11 is 0. The number of anilines is 1. The van der Waals surface area contributed by atoms with E-state index in [4.69, 9.17) is 15.5 Å². The van der Waals surface area contributed by atoms with Gasteiger partial charge in [0.1, 0.15) is 27.8 Å². The molecule has 0 bridgehead atoms. The van der Waals surface area contributed by atoms with Gasteiger partial charge in [-0.3, -0.25) is 0 Å². The number of nitrogen functional groups attached to an aromatic ring is 1. The van der Waals surface area contributed by atoms with Crippen LogP contribution in [0.3, 0.4) is 0 Å². The molecule has 34 heavy (non-hydrogen) atoms. The number of hydrogen-bond acceptors (Lipinski definition) is 6. The van der Waals surface area contributed by atoms with Crippen molar-refractivity contribution in [3.8, 4) is 5.75 Å². The summed E-state index contributed by atoms with van der Waals surface area (Å²) in [6, 6.07) is 19.5. The second kappa shape index (κ2) is 8.42. The number of para-hydroxylation sites is 2. The largest absolute Gasteiger partial charge is 0.497 e. The monoisotopic (exact) mass is 476 g/mol. The average Bonchev–Trinajstić information content (AvgIpc) is 3.12. The molecule has 0 fully saturated rings. The van der Waals surface area contributed by atoms with Gasteiger partial charge in [-0.1, -0.05) is 24.3 Å². The van der Waals surface area contributed by atoms with Crippen LogP contribution in [-0.2, 0) is 22.8 Å². The van der Waals surface area contributed by atoms with Crippen LogP contribution in [0.15, 0.2) is 82.6 Å². The number of ether oxygens (including phenoxy) is 1. The van der Waals surface area contributed by atoms with Crippen LogP contribution in [0, 0.1) is 5.82 Å². The number of nitrogens with zero attached hydrogens (tertiary/aromatic N) is 3. The summed E-state index contributed by atoms with van der Waals surface area (Å²) in [6.45, 7) is 0.390. The van der Waals surface area contributed by atoms with Gasteiger partial charge in [0, 0.05) is 6.54 Å². The maximum absolute atomic E-state index is 13.6. The fourth-order valence-corrected chi connectivity index (χ4v) is 5.45. The molecular weight excluding hydrogens is 455 g/mol. The number of methoxy groups -OCH3 is 1. The lowest BCUT2D eigenvalue weighted by Crippen LogP contribution is -2.09. The number of sulfone groups is 1. The Balaban J connectivity index is 1.68. The van der Waals surface area contributed by atoms with Crippen LogP contribution in [-0.4, -0.2) is 30.1 Å². The normalized spacial score (nSPS) is 11.8. The first-order valence-corrected chi connectivity index (χ1v) is 12.0. The molecule has 2 heterocycles. The molecule has 3 aromatic carbocycles. The summed E-state index contributed by atoms with van der Waals surface area (Å²) < 4.78 is 47.5. The van der Waals surface area contributed by atoms with E-state index in [1.165, 1.54) is 12.1 Å². The second-order valence-electron chi connectivity index (χ2n) is 7.81. The zero-order valence-corrected chi connectivity index (χ0v) is 19.1. The van der Waals surface area contributed by atoms with E-state index in [1.54, 1.807) is 23.8 Å². The lowest BCUT2D eigenvalue weighted by atomic mass is 10.1. The van der Waals surface area contributed by atoms with E-state index in [9.17, 15) is 12.8 Å². The SMILES string of the molecule is COc1ccc(CCn2c(N)c(S(=O)(=O)c3ccc(F)cc3)c3nc4ccccc4nc32)cc1. The molecule has 2 aromatic heterocycles. The highest BCUT2D eigenvalue weighted by atomic mass is 32.2. The average molecular weight is 477 g/mol. The molecule has 0 saturated carbocycles. The van der Waals surface area contributed by atoms with E-state index in [2.05, 4.69) is 4.98 Å². The molecule has 9 heteroatoms. The zero-order valence-electron chi connectivity index (χ0n) is 18.3. The highest BCUT2D eigenvalue weighted by Crippen LogP contribution is 2.35. The van der Waals surface area contributed by atoms with Crippen LogP contribution < -0.4 is 10.5 Å². The molecular formula is C25H21FN4O3S. The molecule has 172 valence electrons. The van der Waals surface area contributed by atoms with Gasteiger partial charge in [-0.2, -0.15) is 0 Å². The Bertz CT molecular complexity index is 1610. The van der Waals surface area contributed by atoms with E-state index in [-0.39, 0.29) is 21.1 Å². The van der Waals surface area contributed by atoms with Crippen molar-refractivity contribution < 1.29 is 17.5 Å². The van der Waals surface area contributed by atoms with Gasteiger partial charge in [-0.05, 0) is 60.5 Å². The van der Waals surface area contributed by atoms with E-state index < -0.39 is 15.7 Å². The first kappa shape index (κ1) is 21.8. The second-order valence-corrected chi connectivity index (χ2v) is 9.69. The molecule has 0 aliphatic heterocycles. The van der Waals surface area contributed by atoms with Crippen LogP contribution >= 0.6 is 0 Å². The van der Waals surface area contributed by atoms with Crippen molar-refractivity contribution in [2.75, 3.05) is 12.8 Å². The lowest BCUT2D eigenvalue weighted by molar-refractivity contribution is 0.414. The zero-order chi connectivity index (χ0) is 23.9. The van der Waals surface area contributed by atoms with Crippen molar-refractivity contribution >= 4 is 37.9 Å². The third-order valence-electron chi connectivity index (χ3n) is 5.72. The Morgan fingerprint density at radius 1 is 0.941 bits per heavy atom. The maximum atomic E-state index is 13.6. The highest BCUT2D eigenvalue weighted by molar-refractivity contribution is 7.92. The summed E-state index contributed by atoms with van der Waals surface area (Å²) in [6.07, 6.45) is 0.586. The summed E-state index contributed by atoms with van der Waals surface area (Å²) in [5, 5.41) is 0. The van der Waals surface area contributed by atoms with Crippen molar-refractivity contribution in [3.63, 3.8) is 0 Å². The first-order chi connectivity index (χ1) is 16.4. The van der Waals surface area contributed by atoms with E-state index in [1.807, 2.05) is 36.4 Å². The topological polar surface area (TPSA) is 100 Å². The lowest BCUT2D eigenvalue weighted by Gasteiger charge is -2.09. The number of halogens is 1. The van der Waals surface area contributed by atoms with E-state index in [0.29, 0.717) is 29.6 Å². The summed E-state index contributed by atoms with van der Waals surface area (Å²) in [5.41, 5.74) is 9.23. The van der Waals surface area contributed by atoms with Crippen molar-refractivity contribution in [1.29, 1.82) is 0 Å². The molecule has 0 spiro atoms. The summed E-state index contributed by atoms with van der Waals surface area (Å²) in [7, 11) is -2.48. The molecule has 0 unspecified atom stereocenters. The highest BCUT2D eigenvalue weighted by Gasteiger charge is 2.30. The molecule has 0 saturated heterocycles. The van der Waals surface area contributed by atoms with Crippen LogP contribution in [0.4, 0.5) is 10.2 Å². The summed E-state index contributed by atoms with van der Waals surface area (Å²) in [5.74, 6) is 0.266. The van der Waals surface area contributed by atoms with Crippen molar-refractivity contribution in [2.24, 2.45) is 0 Å². The quantitative estimate of drug-likeness (QED) is 0.365. The number of aryl methyl sites for hydroxylation is 2. The Labute approximate surface area is 195 Å². The van der Waals surface area contributed by atoms with Gasteiger partial charge in [0.2, 0.25) is 9.84 Å². The molecule has 7 nitrogen and oxygen atoms in total. The molecule has 5 rings (SSSR count). The van der Waals surface area contributed by atoms with E-state index >= 15 is 0 Å². The maximum Gasteiger partial charge on any atom is 0.212 e. The number of rotatable bonds is 6. The molecule has 0 radical (unpaired) electrons. The van der Waals surface area contributed by atoms with Crippen LogP contribution in [0.1, 0.15) is 5.56 Å². The number of benzene rings is 3. The predicted molar refractivity (Wildman–Crippen MR) is 128 cm³/mol. The minimum Gasteiger partial charge on any atom is -0.497 e. The van der Waals surface area contributed by atoms with Crippen LogP contribution in [0.25, 0.3) is 22.2 Å². The fraction of sp³-hybridized carbons (Fsp3) is 0.120. The smallest absolute Gasteiger partial charge is 0.212 e. The Hall–Kier alpha value is -3.98. The van der Waals surface area contributed by atoms with Gasteiger partial charge in [0.15, 0.2) is 5.65 Å². The molecule has 0 atom stereocenters. The van der Waals surface area contributed by atoms with Gasteiger partial charge < -0.3 is 15.0 Å². The Morgan fingerprint density at radius 3 is 2.24 bits per heavy atom. The van der Waals surface area contributed by atoms with Gasteiger partial charge in [-0.15, -0.1) is 0 Å². The van der Waals surface area contributed by atoms with Gasteiger partial charge in [0.25, 0.3) is 0 Å². The van der Waals surface area contributed by atoms with E-state index in [0.717, 1.165) is 23.4 Å². The third kappa shape index (κ3) is 3.73. The minimum absolute atomic E-state index is 0.0446. The van der Waals surface area contributed by atoms with Gasteiger partial charge in [0.05, 0.1) is 23.0 Å². The number of aromatic nitrogens is 3. The standard InChI is InChI=1S/C25H21FN4O3S/c1-33-18-10-6-16(7-11-18)14-15-30-24(27)23(34(31,32)19-12-8-17(26)9-13-19)22-25(30)29-21-5-3-2-4-20(21)28-22/h2-13H,14-15,27H2,1H3. The third-order valence-corrected chi connectivity index (χ3v) is 7.55. The Morgan fingerprint density at radius 2 is 1.59 bits per heavy atom. The van der Waals surface area contributed by atoms with Crippen LogP contribution in [0.5, 0.6) is 5.75 Å². The van der Waals surface area contributed by atoms with Crippen molar-refractivity contribution in [2.45, 2.75) is 22.8 Å². The molecule has 2 N–H and O–H groups in total. The molecule has 0 aliphatic rings. The Kier molecular flexibility index (Phi) is 5.41.